The summed E-state index contributed by atoms with van der Waals surface area (Å²) in [6, 6.07) is 24.6. The van der Waals surface area contributed by atoms with Crippen LogP contribution in [0, 0.1) is 6.92 Å². The van der Waals surface area contributed by atoms with Crippen LogP contribution in [0.4, 0.5) is 18.9 Å². The third-order valence-corrected chi connectivity index (χ3v) is 9.95. The van der Waals surface area contributed by atoms with E-state index in [2.05, 4.69) is 5.32 Å². The molecule has 48 heavy (non-hydrogen) atoms. The minimum atomic E-state index is -4.82. The number of carbonyl (C=O) groups is 2. The Hall–Kier alpha value is -4.35. The van der Waals surface area contributed by atoms with Gasteiger partial charge in [0.25, 0.3) is 10.0 Å². The Labute approximate surface area is 284 Å². The van der Waals surface area contributed by atoms with Crippen LogP contribution in [0.1, 0.15) is 42.0 Å². The van der Waals surface area contributed by atoms with Crippen molar-refractivity contribution >= 4 is 39.1 Å². The van der Waals surface area contributed by atoms with Crippen molar-refractivity contribution in [3.05, 3.63) is 130 Å². The number of halogens is 4. The molecule has 1 atom stereocenters. The van der Waals surface area contributed by atoms with E-state index in [1.165, 1.54) is 29.2 Å². The number of rotatable bonds is 14. The molecule has 0 unspecified atom stereocenters. The van der Waals surface area contributed by atoms with E-state index in [1.54, 1.807) is 30.3 Å². The first-order chi connectivity index (χ1) is 22.8. The maximum absolute atomic E-state index is 14.6. The lowest BCUT2D eigenvalue weighted by Crippen LogP contribution is -2.53. The number of anilines is 1. The lowest BCUT2D eigenvalue weighted by molar-refractivity contribution is -0.140. The number of sulfonamides is 1. The maximum Gasteiger partial charge on any atom is 0.416 e. The van der Waals surface area contributed by atoms with Gasteiger partial charge in [0.15, 0.2) is 0 Å². The van der Waals surface area contributed by atoms with Gasteiger partial charge in [-0.05, 0) is 60.4 Å². The number of aryl methyl sites for hydroxylation is 1. The summed E-state index contributed by atoms with van der Waals surface area (Å²) in [5.41, 5.74) is 0.628. The van der Waals surface area contributed by atoms with E-state index < -0.39 is 51.9 Å². The summed E-state index contributed by atoms with van der Waals surface area (Å²) in [7, 11) is -4.64. The smallest absolute Gasteiger partial charge is 0.354 e. The molecular weight excluding hydrogens is 663 g/mol. The summed E-state index contributed by atoms with van der Waals surface area (Å²) in [6.45, 7) is 3.18. The standard InChI is InChI=1S/C36H37ClF3N3O4S/c1-3-4-21-41-35(45)33(22-27-14-7-5-8-15-27)42(24-28-16-12-11-13-26(28)2)34(44)25-43(48(46,47)30-17-9-6-10-18-30)32-23-29(36(38,39)40)19-20-31(32)37/h5-20,23,33H,3-4,21-22,24-25H2,1-2H3,(H,41,45)/t33-/m1/s1. The molecule has 1 N–H and O–H groups in total. The number of nitrogens with one attached hydrogen (secondary N) is 1. The van der Waals surface area contributed by atoms with Gasteiger partial charge in [-0.3, -0.25) is 13.9 Å². The molecule has 0 radical (unpaired) electrons. The van der Waals surface area contributed by atoms with Crippen LogP contribution >= 0.6 is 11.6 Å². The Bertz CT molecular complexity index is 1810. The van der Waals surface area contributed by atoms with Crippen molar-refractivity contribution < 1.29 is 31.2 Å². The predicted octanol–water partition coefficient (Wildman–Crippen LogP) is 7.42. The first kappa shape index (κ1) is 36.5. The Morgan fingerprint density at radius 1 is 0.896 bits per heavy atom. The van der Waals surface area contributed by atoms with Crippen LogP contribution in [0.15, 0.2) is 108 Å². The number of nitrogens with zero attached hydrogens (tertiary/aromatic N) is 2. The predicted molar refractivity (Wildman–Crippen MR) is 181 cm³/mol. The highest BCUT2D eigenvalue weighted by molar-refractivity contribution is 7.92. The van der Waals surface area contributed by atoms with Crippen LogP contribution < -0.4 is 9.62 Å². The monoisotopic (exact) mass is 699 g/mol. The third kappa shape index (κ3) is 9.17. The van der Waals surface area contributed by atoms with E-state index >= 15 is 0 Å². The molecule has 12 heteroatoms. The molecule has 0 bridgehead atoms. The van der Waals surface area contributed by atoms with E-state index in [-0.39, 0.29) is 22.9 Å². The summed E-state index contributed by atoms with van der Waals surface area (Å²) < 4.78 is 70.4. The van der Waals surface area contributed by atoms with Gasteiger partial charge in [0.2, 0.25) is 11.8 Å². The summed E-state index contributed by atoms with van der Waals surface area (Å²) in [6.07, 6.45) is -3.20. The molecule has 0 aliphatic carbocycles. The molecule has 0 fully saturated rings. The molecule has 0 saturated heterocycles. The number of alkyl halides is 3. The van der Waals surface area contributed by atoms with Gasteiger partial charge in [0.1, 0.15) is 12.6 Å². The average Bonchev–Trinajstić information content (AvgIpc) is 3.06. The molecular formula is C36H37ClF3N3O4S. The molecule has 4 aromatic carbocycles. The molecule has 4 rings (SSSR count). The summed E-state index contributed by atoms with van der Waals surface area (Å²) >= 11 is 6.38. The number of unbranched alkanes of at least 4 members (excludes halogenated alkanes) is 1. The van der Waals surface area contributed by atoms with Crippen LogP contribution in [0.3, 0.4) is 0 Å². The van der Waals surface area contributed by atoms with Crippen LogP contribution in [0.5, 0.6) is 0 Å². The van der Waals surface area contributed by atoms with Gasteiger partial charge in [0.05, 0.1) is 21.2 Å². The van der Waals surface area contributed by atoms with Crippen LogP contribution in [-0.2, 0) is 38.8 Å². The van der Waals surface area contributed by atoms with Crippen molar-refractivity contribution in [3.8, 4) is 0 Å². The Kier molecular flexibility index (Phi) is 12.3. The van der Waals surface area contributed by atoms with Crippen molar-refractivity contribution in [1.82, 2.24) is 10.2 Å². The van der Waals surface area contributed by atoms with E-state index in [1.807, 2.05) is 44.2 Å². The van der Waals surface area contributed by atoms with Gasteiger partial charge in [-0.2, -0.15) is 13.2 Å². The van der Waals surface area contributed by atoms with Crippen molar-refractivity contribution in [3.63, 3.8) is 0 Å². The third-order valence-electron chi connectivity index (χ3n) is 7.85. The first-order valence-electron chi connectivity index (χ1n) is 15.4. The molecule has 0 saturated carbocycles. The SMILES string of the molecule is CCCCNC(=O)[C@@H](Cc1ccccc1)N(Cc1ccccc1C)C(=O)CN(c1cc(C(F)(F)F)ccc1Cl)S(=O)(=O)c1ccccc1. The lowest BCUT2D eigenvalue weighted by atomic mass is 10.0. The number of carbonyl (C=O) groups excluding carboxylic acids is 2. The van der Waals surface area contributed by atoms with Crippen molar-refractivity contribution in [2.75, 3.05) is 17.4 Å². The number of hydrogen-bond acceptors (Lipinski definition) is 4. The van der Waals surface area contributed by atoms with Gasteiger partial charge in [-0.1, -0.05) is 97.7 Å². The highest BCUT2D eigenvalue weighted by atomic mass is 35.5. The second kappa shape index (κ2) is 16.2. The van der Waals surface area contributed by atoms with Crippen molar-refractivity contribution in [2.24, 2.45) is 0 Å². The number of benzene rings is 4. The maximum atomic E-state index is 14.6. The van der Waals surface area contributed by atoms with Crippen LogP contribution in [-0.4, -0.2) is 44.3 Å². The zero-order valence-electron chi connectivity index (χ0n) is 26.6. The van der Waals surface area contributed by atoms with Gasteiger partial charge < -0.3 is 10.2 Å². The van der Waals surface area contributed by atoms with E-state index in [9.17, 15) is 31.2 Å². The Morgan fingerprint density at radius 2 is 1.52 bits per heavy atom. The van der Waals surface area contributed by atoms with Crippen LogP contribution in [0.2, 0.25) is 5.02 Å². The summed E-state index contributed by atoms with van der Waals surface area (Å²) in [5, 5.41) is 2.60. The molecule has 0 aromatic heterocycles. The van der Waals surface area contributed by atoms with Gasteiger partial charge in [0, 0.05) is 19.5 Å². The number of amides is 2. The minimum absolute atomic E-state index is 0.0697. The second-order valence-electron chi connectivity index (χ2n) is 11.3. The Balaban J connectivity index is 1.86. The zero-order valence-corrected chi connectivity index (χ0v) is 28.2. The van der Waals surface area contributed by atoms with Gasteiger partial charge in [-0.15, -0.1) is 0 Å². The van der Waals surface area contributed by atoms with Gasteiger partial charge in [-0.25, -0.2) is 8.42 Å². The topological polar surface area (TPSA) is 86.8 Å². The minimum Gasteiger partial charge on any atom is -0.354 e. The molecule has 0 aliphatic rings. The summed E-state index contributed by atoms with van der Waals surface area (Å²) in [4.78, 5) is 29.4. The number of hydrogen-bond donors (Lipinski definition) is 1. The molecule has 0 aliphatic heterocycles. The quantitative estimate of drug-likeness (QED) is 0.139. The molecule has 4 aromatic rings. The fourth-order valence-corrected chi connectivity index (χ4v) is 6.86. The molecule has 0 spiro atoms. The summed E-state index contributed by atoms with van der Waals surface area (Å²) in [5.74, 6) is -1.25. The molecule has 2 amide bonds. The highest BCUT2D eigenvalue weighted by Crippen LogP contribution is 2.37. The Morgan fingerprint density at radius 3 is 2.15 bits per heavy atom. The van der Waals surface area contributed by atoms with E-state index in [0.29, 0.717) is 28.9 Å². The van der Waals surface area contributed by atoms with Gasteiger partial charge >= 0.3 is 6.18 Å². The molecule has 0 heterocycles. The zero-order chi connectivity index (χ0) is 34.9. The van der Waals surface area contributed by atoms with Crippen molar-refractivity contribution in [1.29, 1.82) is 0 Å². The normalized spacial score (nSPS) is 12.3. The average molecular weight is 700 g/mol. The molecule has 7 nitrogen and oxygen atoms in total. The van der Waals surface area contributed by atoms with E-state index in [4.69, 9.17) is 11.6 Å². The lowest BCUT2D eigenvalue weighted by Gasteiger charge is -2.34. The fraction of sp³-hybridized carbons (Fsp3) is 0.278. The van der Waals surface area contributed by atoms with Crippen molar-refractivity contribution in [2.45, 2.75) is 56.8 Å². The first-order valence-corrected chi connectivity index (χ1v) is 17.2. The van der Waals surface area contributed by atoms with Crippen LogP contribution in [0.25, 0.3) is 0 Å². The largest absolute Gasteiger partial charge is 0.416 e. The second-order valence-corrected chi connectivity index (χ2v) is 13.6. The highest BCUT2D eigenvalue weighted by Gasteiger charge is 2.37. The fourth-order valence-electron chi connectivity index (χ4n) is 5.14. The van der Waals surface area contributed by atoms with E-state index in [0.717, 1.165) is 29.7 Å². The molecule has 254 valence electrons.